The van der Waals surface area contributed by atoms with Gasteiger partial charge in [-0.15, -0.1) is 6.07 Å². The van der Waals surface area contributed by atoms with Crippen LogP contribution in [-0.4, -0.2) is 8.76 Å². The van der Waals surface area contributed by atoms with Crippen LogP contribution in [0.4, 0.5) is 5.69 Å². The van der Waals surface area contributed by atoms with Gasteiger partial charge in [-0.05, 0) is 0 Å². The van der Waals surface area contributed by atoms with E-state index in [1.165, 1.54) is 0 Å². The van der Waals surface area contributed by atoms with Crippen molar-refractivity contribution in [2.75, 3.05) is 4.72 Å². The van der Waals surface area contributed by atoms with E-state index >= 15 is 0 Å². The molecule has 0 saturated heterocycles. The average molecular weight is 258 g/mol. The van der Waals surface area contributed by atoms with Crippen LogP contribution < -0.4 is 4.72 Å². The molecular formula is C7H7NO2SY-2. The number of benzene rings is 1. The second-order valence-corrected chi connectivity index (χ2v) is 2.79. The van der Waals surface area contributed by atoms with Gasteiger partial charge in [0.2, 0.25) is 0 Å². The van der Waals surface area contributed by atoms with Gasteiger partial charge in [0.15, 0.2) is 0 Å². The third kappa shape index (κ3) is 4.31. The number of aryl methyl sites for hydroxylation is 1. The van der Waals surface area contributed by atoms with Gasteiger partial charge in [0.05, 0.1) is 0 Å². The Morgan fingerprint density at radius 2 is 2.25 bits per heavy atom. The Labute approximate surface area is 99.2 Å². The van der Waals surface area contributed by atoms with Gasteiger partial charge in [-0.25, -0.2) is 0 Å². The molecule has 0 aromatic heterocycles. The molecule has 0 aliphatic rings. The zero-order valence-corrected chi connectivity index (χ0v) is 10.2. The van der Waals surface area contributed by atoms with E-state index < -0.39 is 11.3 Å². The molecule has 1 rings (SSSR count). The third-order valence-electron chi connectivity index (χ3n) is 1.16. The van der Waals surface area contributed by atoms with E-state index in [0.29, 0.717) is 5.69 Å². The third-order valence-corrected chi connectivity index (χ3v) is 1.55. The quantitative estimate of drug-likeness (QED) is 0.635. The molecule has 0 heterocycles. The first-order valence-electron chi connectivity index (χ1n) is 3.03. The van der Waals surface area contributed by atoms with E-state index in [1.54, 1.807) is 12.1 Å². The molecule has 1 N–H and O–H groups in total. The number of anilines is 1. The van der Waals surface area contributed by atoms with Crippen LogP contribution in [0.25, 0.3) is 0 Å². The topological polar surface area (TPSA) is 52.2 Å². The van der Waals surface area contributed by atoms with Crippen LogP contribution in [0.3, 0.4) is 0 Å². The van der Waals surface area contributed by atoms with Crippen LogP contribution in [0.2, 0.25) is 0 Å². The molecular weight excluding hydrogens is 251 g/mol. The molecule has 1 aromatic rings. The van der Waals surface area contributed by atoms with Gasteiger partial charge in [-0.2, -0.15) is 23.8 Å². The molecule has 0 aliphatic carbocycles. The Morgan fingerprint density at radius 1 is 1.58 bits per heavy atom. The van der Waals surface area contributed by atoms with Crippen LogP contribution in [0.5, 0.6) is 0 Å². The Hall–Kier alpha value is 0.234. The second-order valence-electron chi connectivity index (χ2n) is 2.12. The first kappa shape index (κ1) is 12.2. The predicted octanol–water partition coefficient (Wildman–Crippen LogP) is 0.999. The van der Waals surface area contributed by atoms with Gasteiger partial charge in [0.25, 0.3) is 0 Å². The molecule has 1 unspecified atom stereocenters. The minimum atomic E-state index is -2.25. The van der Waals surface area contributed by atoms with Crippen LogP contribution in [-0.2, 0) is 44.0 Å². The minimum Gasteiger partial charge on any atom is -0.755 e. The molecule has 63 valence electrons. The zero-order valence-electron chi connectivity index (χ0n) is 6.53. The van der Waals surface area contributed by atoms with Gasteiger partial charge < -0.3 is 9.27 Å². The maximum atomic E-state index is 10.1. The number of hydrogen-bond donors (Lipinski definition) is 1. The van der Waals surface area contributed by atoms with E-state index in [-0.39, 0.29) is 32.7 Å². The van der Waals surface area contributed by atoms with Crippen molar-refractivity contribution < 1.29 is 41.5 Å². The Kier molecular flexibility index (Phi) is 5.92. The summed E-state index contributed by atoms with van der Waals surface area (Å²) in [6.45, 7) is 1.91. The van der Waals surface area contributed by atoms with E-state index in [1.807, 2.05) is 13.0 Å². The van der Waals surface area contributed by atoms with Crippen molar-refractivity contribution in [3.8, 4) is 0 Å². The molecule has 0 saturated carbocycles. The first-order valence-corrected chi connectivity index (χ1v) is 4.10. The fourth-order valence-electron chi connectivity index (χ4n) is 0.656. The van der Waals surface area contributed by atoms with E-state index in [4.69, 9.17) is 0 Å². The molecule has 0 aliphatic heterocycles. The molecule has 1 radical (unpaired) electrons. The monoisotopic (exact) mass is 258 g/mol. The van der Waals surface area contributed by atoms with Crippen molar-refractivity contribution in [2.24, 2.45) is 0 Å². The summed E-state index contributed by atoms with van der Waals surface area (Å²) in [4.78, 5) is 0. The summed E-state index contributed by atoms with van der Waals surface area (Å²) < 4.78 is 22.4. The Morgan fingerprint density at radius 3 is 2.67 bits per heavy atom. The van der Waals surface area contributed by atoms with Crippen molar-refractivity contribution in [2.45, 2.75) is 6.92 Å². The van der Waals surface area contributed by atoms with Gasteiger partial charge >= 0.3 is 0 Å². The normalized spacial score (nSPS) is 11.5. The van der Waals surface area contributed by atoms with Crippen molar-refractivity contribution in [1.29, 1.82) is 0 Å². The van der Waals surface area contributed by atoms with Crippen molar-refractivity contribution >= 4 is 17.0 Å². The van der Waals surface area contributed by atoms with Gasteiger partial charge in [0.1, 0.15) is 0 Å². The average Bonchev–Trinajstić information content (AvgIpc) is 1.93. The summed E-state index contributed by atoms with van der Waals surface area (Å²) in [5, 5.41) is 0. The molecule has 0 spiro atoms. The van der Waals surface area contributed by atoms with Crippen LogP contribution in [0.1, 0.15) is 5.56 Å². The second kappa shape index (κ2) is 5.81. The summed E-state index contributed by atoms with van der Waals surface area (Å²) in [5.41, 5.74) is 1.51. The SMILES string of the molecule is Cc1c[c-]c(NS(=O)[O-])cc1.[Y]. The van der Waals surface area contributed by atoms with E-state index in [2.05, 4.69) is 10.8 Å². The van der Waals surface area contributed by atoms with Crippen molar-refractivity contribution in [1.82, 2.24) is 0 Å². The Bertz CT molecular complexity index is 263. The summed E-state index contributed by atoms with van der Waals surface area (Å²) in [7, 11) is 0. The van der Waals surface area contributed by atoms with Crippen LogP contribution in [0.15, 0.2) is 18.2 Å². The number of nitrogens with one attached hydrogen (secondary N) is 1. The standard InChI is InChI=1S/C7H8NO2S.Y/c1-6-2-4-7(5-3-6)8-11(9)10;/h2-4,8H,1H3,(H,9,10);/q-1;/p-1. The molecule has 0 amide bonds. The van der Waals surface area contributed by atoms with Crippen molar-refractivity contribution in [3.63, 3.8) is 0 Å². The largest absolute Gasteiger partial charge is 0.755 e. The molecule has 1 atom stereocenters. The maximum absolute atomic E-state index is 10.1. The number of rotatable bonds is 2. The van der Waals surface area contributed by atoms with E-state index in [9.17, 15) is 8.76 Å². The zero-order chi connectivity index (χ0) is 8.27. The fraction of sp³-hybridized carbons (Fsp3) is 0.143. The van der Waals surface area contributed by atoms with Gasteiger partial charge in [-0.3, -0.25) is 4.21 Å². The molecule has 1 aromatic carbocycles. The van der Waals surface area contributed by atoms with Gasteiger partial charge in [-0.1, -0.05) is 12.6 Å². The summed E-state index contributed by atoms with van der Waals surface area (Å²) >= 11 is -2.25. The predicted molar refractivity (Wildman–Crippen MR) is 42.6 cm³/mol. The van der Waals surface area contributed by atoms with Gasteiger partial charge in [0, 0.05) is 44.0 Å². The molecule has 12 heavy (non-hydrogen) atoms. The minimum absolute atomic E-state index is 0. The molecule has 0 fully saturated rings. The molecule has 3 nitrogen and oxygen atoms in total. The fourth-order valence-corrected chi connectivity index (χ4v) is 0.962. The van der Waals surface area contributed by atoms with E-state index in [0.717, 1.165) is 5.56 Å². The van der Waals surface area contributed by atoms with Crippen LogP contribution in [0, 0.1) is 13.0 Å². The summed E-state index contributed by atoms with van der Waals surface area (Å²) in [5.74, 6) is 0. The number of hydrogen-bond acceptors (Lipinski definition) is 2. The summed E-state index contributed by atoms with van der Waals surface area (Å²) in [6, 6.07) is 7.95. The molecule has 0 bridgehead atoms. The first-order chi connectivity index (χ1) is 5.18. The summed E-state index contributed by atoms with van der Waals surface area (Å²) in [6.07, 6.45) is 0. The van der Waals surface area contributed by atoms with Crippen molar-refractivity contribution in [3.05, 3.63) is 29.8 Å². The maximum Gasteiger partial charge on any atom is 0.0428 e. The van der Waals surface area contributed by atoms with Crippen LogP contribution >= 0.6 is 0 Å². The Balaban J connectivity index is 0.00000121. The molecule has 5 heteroatoms. The smallest absolute Gasteiger partial charge is 0.0428 e.